The molecule has 0 unspecified atom stereocenters. The van der Waals surface area contributed by atoms with E-state index in [2.05, 4.69) is 42.2 Å². The Labute approximate surface area is 117 Å². The van der Waals surface area contributed by atoms with E-state index in [1.165, 1.54) is 6.20 Å². The second-order valence-corrected chi connectivity index (χ2v) is 5.13. The van der Waals surface area contributed by atoms with Crippen LogP contribution in [-0.2, 0) is 0 Å². The standard InChI is InChI=1S/C11H5Br2F3N2/c12-5-1-7(13)11(17-4-5)18-6-2-8(14)10(16)9(15)3-6/h1-4H,(H,17,18). The van der Waals surface area contributed by atoms with Gasteiger partial charge in [0.05, 0.1) is 4.47 Å². The van der Waals surface area contributed by atoms with Crippen LogP contribution < -0.4 is 5.32 Å². The third kappa shape index (κ3) is 2.84. The van der Waals surface area contributed by atoms with E-state index in [9.17, 15) is 13.2 Å². The highest BCUT2D eigenvalue weighted by atomic mass is 79.9. The van der Waals surface area contributed by atoms with Crippen LogP contribution in [0.5, 0.6) is 0 Å². The second-order valence-electron chi connectivity index (χ2n) is 3.36. The van der Waals surface area contributed by atoms with E-state index >= 15 is 0 Å². The maximum absolute atomic E-state index is 13.0. The van der Waals surface area contributed by atoms with Crippen LogP contribution in [0, 0.1) is 17.5 Å². The van der Waals surface area contributed by atoms with Gasteiger partial charge in [-0.2, -0.15) is 0 Å². The molecule has 18 heavy (non-hydrogen) atoms. The summed E-state index contributed by atoms with van der Waals surface area (Å²) in [5.41, 5.74) is 0.0712. The van der Waals surface area contributed by atoms with Gasteiger partial charge in [-0.3, -0.25) is 0 Å². The monoisotopic (exact) mass is 380 g/mol. The average Bonchev–Trinajstić information content (AvgIpc) is 2.29. The van der Waals surface area contributed by atoms with Crippen LogP contribution in [0.1, 0.15) is 0 Å². The molecule has 0 spiro atoms. The number of nitrogens with one attached hydrogen (secondary N) is 1. The first kappa shape index (κ1) is 13.4. The first-order valence-corrected chi connectivity index (χ1v) is 6.28. The van der Waals surface area contributed by atoms with Crippen molar-refractivity contribution in [1.29, 1.82) is 0 Å². The van der Waals surface area contributed by atoms with Crippen LogP contribution in [0.25, 0.3) is 0 Å². The normalized spacial score (nSPS) is 10.5. The summed E-state index contributed by atoms with van der Waals surface area (Å²) in [6.07, 6.45) is 1.52. The zero-order chi connectivity index (χ0) is 13.3. The minimum Gasteiger partial charge on any atom is -0.339 e. The summed E-state index contributed by atoms with van der Waals surface area (Å²) in [5.74, 6) is -3.65. The van der Waals surface area contributed by atoms with E-state index in [0.29, 0.717) is 10.3 Å². The van der Waals surface area contributed by atoms with E-state index in [1.54, 1.807) is 6.07 Å². The minimum atomic E-state index is -1.50. The zero-order valence-corrected chi connectivity index (χ0v) is 11.8. The van der Waals surface area contributed by atoms with E-state index in [0.717, 1.165) is 16.6 Å². The molecule has 0 saturated carbocycles. The Morgan fingerprint density at radius 1 is 1.00 bits per heavy atom. The molecule has 0 radical (unpaired) electrons. The molecule has 1 aromatic carbocycles. The molecule has 1 aromatic heterocycles. The number of benzene rings is 1. The Balaban J connectivity index is 2.34. The fraction of sp³-hybridized carbons (Fsp3) is 0. The molecule has 2 aromatic rings. The molecule has 0 fully saturated rings. The van der Waals surface area contributed by atoms with Crippen molar-refractivity contribution in [3.8, 4) is 0 Å². The quantitative estimate of drug-likeness (QED) is 0.758. The van der Waals surface area contributed by atoms with Crippen molar-refractivity contribution in [2.75, 3.05) is 5.32 Å². The first-order valence-electron chi connectivity index (χ1n) is 4.70. The lowest BCUT2D eigenvalue weighted by Gasteiger charge is -2.08. The van der Waals surface area contributed by atoms with Crippen LogP contribution in [-0.4, -0.2) is 4.98 Å². The van der Waals surface area contributed by atoms with Crippen LogP contribution >= 0.6 is 31.9 Å². The Kier molecular flexibility index (Phi) is 3.91. The SMILES string of the molecule is Fc1cc(Nc2ncc(Br)cc2Br)cc(F)c1F. The molecule has 7 heteroatoms. The Morgan fingerprint density at radius 3 is 2.17 bits per heavy atom. The maximum atomic E-state index is 13.0. The first-order chi connectivity index (χ1) is 8.47. The molecule has 0 aliphatic rings. The number of nitrogens with zero attached hydrogens (tertiary/aromatic N) is 1. The van der Waals surface area contributed by atoms with Crippen LogP contribution in [0.4, 0.5) is 24.7 Å². The molecule has 2 nitrogen and oxygen atoms in total. The number of aromatic nitrogens is 1. The lowest BCUT2D eigenvalue weighted by Crippen LogP contribution is -1.98. The van der Waals surface area contributed by atoms with Crippen LogP contribution in [0.3, 0.4) is 0 Å². The van der Waals surface area contributed by atoms with Gasteiger partial charge in [-0.05, 0) is 37.9 Å². The van der Waals surface area contributed by atoms with Crippen molar-refractivity contribution in [2.45, 2.75) is 0 Å². The summed E-state index contributed by atoms with van der Waals surface area (Å²) in [6, 6.07) is 3.43. The van der Waals surface area contributed by atoms with Gasteiger partial charge in [-0.25, -0.2) is 18.2 Å². The van der Waals surface area contributed by atoms with Gasteiger partial charge >= 0.3 is 0 Å². The molecule has 0 aliphatic heterocycles. The fourth-order valence-corrected chi connectivity index (χ4v) is 2.36. The van der Waals surface area contributed by atoms with E-state index < -0.39 is 17.5 Å². The van der Waals surface area contributed by atoms with Crippen molar-refractivity contribution >= 4 is 43.4 Å². The predicted molar refractivity (Wildman–Crippen MR) is 69.2 cm³/mol. The van der Waals surface area contributed by atoms with Gasteiger partial charge in [-0.15, -0.1) is 0 Å². The molecular weight excluding hydrogens is 377 g/mol. The Morgan fingerprint density at radius 2 is 1.61 bits per heavy atom. The summed E-state index contributed by atoms with van der Waals surface area (Å²) in [7, 11) is 0. The van der Waals surface area contributed by atoms with Crippen molar-refractivity contribution in [2.24, 2.45) is 0 Å². The summed E-state index contributed by atoms with van der Waals surface area (Å²) in [5, 5.41) is 2.68. The number of anilines is 2. The van der Waals surface area contributed by atoms with Gasteiger partial charge in [0.15, 0.2) is 17.5 Å². The number of pyridine rings is 1. The molecular formula is C11H5Br2F3N2. The lowest BCUT2D eigenvalue weighted by molar-refractivity contribution is 0.448. The number of hydrogen-bond donors (Lipinski definition) is 1. The van der Waals surface area contributed by atoms with E-state index in [1.807, 2.05) is 0 Å². The Hall–Kier alpha value is -1.08. The lowest BCUT2D eigenvalue weighted by atomic mass is 10.3. The summed E-state index contributed by atoms with van der Waals surface area (Å²) in [4.78, 5) is 4.01. The summed E-state index contributed by atoms with van der Waals surface area (Å²) >= 11 is 6.46. The summed E-state index contributed by atoms with van der Waals surface area (Å²) in [6.45, 7) is 0. The second kappa shape index (κ2) is 5.27. The minimum absolute atomic E-state index is 0.0712. The van der Waals surface area contributed by atoms with Gasteiger partial charge < -0.3 is 5.32 Å². The number of hydrogen-bond acceptors (Lipinski definition) is 2. The third-order valence-electron chi connectivity index (χ3n) is 2.05. The average molecular weight is 382 g/mol. The highest BCUT2D eigenvalue weighted by molar-refractivity contribution is 9.11. The molecule has 0 saturated heterocycles. The van der Waals surface area contributed by atoms with Gasteiger partial charge in [0.2, 0.25) is 0 Å². The number of halogens is 5. The highest BCUT2D eigenvalue weighted by Gasteiger charge is 2.11. The Bertz CT molecular complexity index is 582. The fourth-order valence-electron chi connectivity index (χ4n) is 1.27. The topological polar surface area (TPSA) is 24.9 Å². The molecule has 0 amide bonds. The van der Waals surface area contributed by atoms with Crippen molar-refractivity contribution < 1.29 is 13.2 Å². The van der Waals surface area contributed by atoms with Crippen LogP contribution in [0.2, 0.25) is 0 Å². The van der Waals surface area contributed by atoms with Crippen molar-refractivity contribution in [3.05, 3.63) is 50.8 Å². The van der Waals surface area contributed by atoms with Crippen molar-refractivity contribution in [3.63, 3.8) is 0 Å². The molecule has 0 bridgehead atoms. The smallest absolute Gasteiger partial charge is 0.194 e. The molecule has 2 rings (SSSR count). The molecule has 0 aliphatic carbocycles. The third-order valence-corrected chi connectivity index (χ3v) is 3.09. The molecule has 1 N–H and O–H groups in total. The van der Waals surface area contributed by atoms with E-state index in [-0.39, 0.29) is 5.69 Å². The molecule has 0 atom stereocenters. The summed E-state index contributed by atoms with van der Waals surface area (Å²) < 4.78 is 40.1. The van der Waals surface area contributed by atoms with Gasteiger partial charge in [0, 0.05) is 28.5 Å². The number of rotatable bonds is 2. The molecule has 94 valence electrons. The van der Waals surface area contributed by atoms with Gasteiger partial charge in [0.25, 0.3) is 0 Å². The van der Waals surface area contributed by atoms with Crippen molar-refractivity contribution in [1.82, 2.24) is 4.98 Å². The zero-order valence-electron chi connectivity index (χ0n) is 8.65. The predicted octanol–water partition coefficient (Wildman–Crippen LogP) is 4.77. The van der Waals surface area contributed by atoms with Crippen LogP contribution in [0.15, 0.2) is 33.3 Å². The maximum Gasteiger partial charge on any atom is 0.194 e. The van der Waals surface area contributed by atoms with E-state index in [4.69, 9.17) is 0 Å². The largest absolute Gasteiger partial charge is 0.339 e. The van der Waals surface area contributed by atoms with Gasteiger partial charge in [-0.1, -0.05) is 0 Å². The highest BCUT2D eigenvalue weighted by Crippen LogP contribution is 2.27. The van der Waals surface area contributed by atoms with Gasteiger partial charge in [0.1, 0.15) is 5.82 Å². The molecule has 1 heterocycles.